The number of hydrogen-bond donors (Lipinski definition) is 0. The Bertz CT molecular complexity index is 930. The van der Waals surface area contributed by atoms with Crippen molar-refractivity contribution in [1.82, 2.24) is 24.7 Å². The molecule has 3 aliphatic heterocycles. The van der Waals surface area contributed by atoms with E-state index in [4.69, 9.17) is 0 Å². The smallest absolute Gasteiger partial charge is 0.177 e. The zero-order chi connectivity index (χ0) is 17.0. The van der Waals surface area contributed by atoms with Gasteiger partial charge in [-0.05, 0) is 36.8 Å². The van der Waals surface area contributed by atoms with E-state index < -0.39 is 5.82 Å². The molecule has 3 aliphatic rings. The van der Waals surface area contributed by atoms with Crippen molar-refractivity contribution in [3.05, 3.63) is 53.9 Å². The van der Waals surface area contributed by atoms with Gasteiger partial charge in [-0.3, -0.25) is 4.90 Å². The number of halogens is 2. The molecule has 0 radical (unpaired) electrons. The van der Waals surface area contributed by atoms with Gasteiger partial charge < -0.3 is 4.90 Å². The first-order chi connectivity index (χ1) is 12.2. The third-order valence-corrected chi connectivity index (χ3v) is 5.18. The highest BCUT2D eigenvalue weighted by Gasteiger charge is 2.45. The maximum Gasteiger partial charge on any atom is 0.177 e. The summed E-state index contributed by atoms with van der Waals surface area (Å²) in [6, 6.07) is 8.16. The summed E-state index contributed by atoms with van der Waals surface area (Å²) in [5, 5.41) is 12.3. The van der Waals surface area contributed by atoms with Crippen LogP contribution in [0.1, 0.15) is 12.0 Å². The van der Waals surface area contributed by atoms with Gasteiger partial charge in [0, 0.05) is 37.3 Å². The van der Waals surface area contributed by atoms with E-state index >= 15 is 0 Å². The van der Waals surface area contributed by atoms with E-state index in [0.717, 1.165) is 31.4 Å². The van der Waals surface area contributed by atoms with Crippen LogP contribution in [0.25, 0.3) is 5.65 Å². The SMILES string of the molecule is Fc1ccc(F)c(CN2C3CC2CN(c2ccc4nncn4n2)C3)c1. The van der Waals surface area contributed by atoms with Crippen LogP contribution in [0, 0.1) is 11.6 Å². The zero-order valence-electron chi connectivity index (χ0n) is 13.4. The lowest BCUT2D eigenvalue weighted by atomic mass is 9.86. The predicted molar refractivity (Wildman–Crippen MR) is 87.1 cm³/mol. The van der Waals surface area contributed by atoms with Gasteiger partial charge in [0.1, 0.15) is 23.8 Å². The molecule has 5 heterocycles. The Kier molecular flexibility index (Phi) is 3.21. The van der Waals surface area contributed by atoms with Crippen LogP contribution in [0.2, 0.25) is 0 Å². The van der Waals surface area contributed by atoms with Gasteiger partial charge in [-0.25, -0.2) is 8.78 Å². The van der Waals surface area contributed by atoms with Gasteiger partial charge in [0.25, 0.3) is 0 Å². The molecule has 2 atom stereocenters. The molecule has 3 fully saturated rings. The van der Waals surface area contributed by atoms with E-state index in [9.17, 15) is 8.78 Å². The van der Waals surface area contributed by atoms with Crippen molar-refractivity contribution in [3.8, 4) is 0 Å². The second-order valence-corrected chi connectivity index (χ2v) is 6.68. The highest BCUT2D eigenvalue weighted by atomic mass is 19.1. The van der Waals surface area contributed by atoms with E-state index in [0.29, 0.717) is 29.8 Å². The summed E-state index contributed by atoms with van der Waals surface area (Å²) in [4.78, 5) is 4.49. The molecule has 3 saturated heterocycles. The summed E-state index contributed by atoms with van der Waals surface area (Å²) in [6.07, 6.45) is 2.67. The van der Waals surface area contributed by atoms with Gasteiger partial charge in [-0.1, -0.05) is 0 Å². The van der Waals surface area contributed by atoms with Crippen molar-refractivity contribution in [1.29, 1.82) is 0 Å². The van der Waals surface area contributed by atoms with Gasteiger partial charge in [0.15, 0.2) is 5.65 Å². The third kappa shape index (κ3) is 2.44. The van der Waals surface area contributed by atoms with Gasteiger partial charge in [-0.15, -0.1) is 15.3 Å². The van der Waals surface area contributed by atoms with Gasteiger partial charge in [0.05, 0.1) is 0 Å². The molecule has 0 N–H and O–H groups in total. The Hall–Kier alpha value is -2.61. The van der Waals surface area contributed by atoms with E-state index in [-0.39, 0.29) is 5.82 Å². The molecule has 2 aromatic heterocycles. The van der Waals surface area contributed by atoms with Crippen LogP contribution in [-0.4, -0.2) is 49.9 Å². The molecule has 6 nitrogen and oxygen atoms in total. The zero-order valence-corrected chi connectivity index (χ0v) is 13.4. The molecule has 128 valence electrons. The maximum absolute atomic E-state index is 13.9. The predicted octanol–water partition coefficient (Wildman–Crippen LogP) is 1.87. The largest absolute Gasteiger partial charge is 0.352 e. The Balaban J connectivity index is 1.32. The van der Waals surface area contributed by atoms with Crippen LogP contribution in [0.15, 0.2) is 36.7 Å². The third-order valence-electron chi connectivity index (χ3n) is 5.18. The fourth-order valence-corrected chi connectivity index (χ4v) is 3.88. The second kappa shape index (κ2) is 5.45. The standard InChI is InChI=1S/C17H16F2N6/c18-12-1-2-15(19)11(5-12)7-24-13-6-14(24)9-23(8-13)17-4-3-16-21-20-10-25(16)22-17/h1-5,10,13-14H,6-9H2. The number of benzene rings is 1. The average molecular weight is 342 g/mol. The van der Waals surface area contributed by atoms with E-state index in [1.165, 1.54) is 12.1 Å². The fourth-order valence-electron chi connectivity index (χ4n) is 3.88. The van der Waals surface area contributed by atoms with Crippen LogP contribution in [0.3, 0.4) is 0 Å². The molecular formula is C17H16F2N6. The Morgan fingerprint density at radius 2 is 1.92 bits per heavy atom. The first-order valence-corrected chi connectivity index (χ1v) is 8.29. The minimum Gasteiger partial charge on any atom is -0.352 e. The molecule has 0 amide bonds. The summed E-state index contributed by atoms with van der Waals surface area (Å²) in [7, 11) is 0. The van der Waals surface area contributed by atoms with Crippen molar-refractivity contribution >= 4 is 11.5 Å². The normalized spacial score (nSPS) is 23.0. The van der Waals surface area contributed by atoms with Crippen molar-refractivity contribution in [3.63, 3.8) is 0 Å². The summed E-state index contributed by atoms with van der Waals surface area (Å²) >= 11 is 0. The molecule has 25 heavy (non-hydrogen) atoms. The lowest BCUT2D eigenvalue weighted by molar-refractivity contribution is -0.00958. The molecule has 2 bridgehead atoms. The maximum atomic E-state index is 13.9. The number of nitrogens with zero attached hydrogens (tertiary/aromatic N) is 6. The average Bonchev–Trinajstić information content (AvgIpc) is 3.10. The number of anilines is 1. The van der Waals surface area contributed by atoms with Crippen LogP contribution >= 0.6 is 0 Å². The summed E-state index contributed by atoms with van der Waals surface area (Å²) in [5.74, 6) is 0.150. The quantitative estimate of drug-likeness (QED) is 0.727. The molecule has 2 unspecified atom stereocenters. The summed E-state index contributed by atoms with van der Waals surface area (Å²) in [6.45, 7) is 2.10. The minimum atomic E-state index is -0.393. The van der Waals surface area contributed by atoms with E-state index in [1.54, 1.807) is 10.8 Å². The fraction of sp³-hybridized carbons (Fsp3) is 0.353. The number of hydrogen-bond acceptors (Lipinski definition) is 5. The second-order valence-electron chi connectivity index (χ2n) is 6.68. The van der Waals surface area contributed by atoms with Gasteiger partial charge >= 0.3 is 0 Å². The minimum absolute atomic E-state index is 0.333. The number of aromatic nitrogens is 4. The Morgan fingerprint density at radius 3 is 2.76 bits per heavy atom. The van der Waals surface area contributed by atoms with Crippen LogP contribution in [0.5, 0.6) is 0 Å². The van der Waals surface area contributed by atoms with Gasteiger partial charge in [0.2, 0.25) is 0 Å². The number of rotatable bonds is 3. The first-order valence-electron chi connectivity index (χ1n) is 8.29. The highest BCUT2D eigenvalue weighted by Crippen LogP contribution is 2.35. The van der Waals surface area contributed by atoms with E-state index in [1.807, 2.05) is 12.1 Å². The van der Waals surface area contributed by atoms with E-state index in [2.05, 4.69) is 25.1 Å². The van der Waals surface area contributed by atoms with Crippen LogP contribution < -0.4 is 4.90 Å². The monoisotopic (exact) mass is 342 g/mol. The van der Waals surface area contributed by atoms with Crippen molar-refractivity contribution in [2.24, 2.45) is 0 Å². The molecule has 0 aliphatic carbocycles. The van der Waals surface area contributed by atoms with Crippen molar-refractivity contribution in [2.75, 3.05) is 18.0 Å². The number of fused-ring (bicyclic) bond motifs is 3. The molecular weight excluding hydrogens is 326 g/mol. The Morgan fingerprint density at radius 1 is 1.08 bits per heavy atom. The first kappa shape index (κ1) is 14.7. The number of piperazine rings is 1. The summed E-state index contributed by atoms with van der Waals surface area (Å²) in [5.41, 5.74) is 1.14. The molecule has 0 saturated carbocycles. The lowest BCUT2D eigenvalue weighted by Gasteiger charge is -2.56. The highest BCUT2D eigenvalue weighted by molar-refractivity contribution is 5.46. The van der Waals surface area contributed by atoms with Gasteiger partial charge in [-0.2, -0.15) is 4.52 Å². The molecule has 3 aromatic rings. The molecule has 0 spiro atoms. The van der Waals surface area contributed by atoms with Crippen molar-refractivity contribution < 1.29 is 8.78 Å². The Labute approximate surface area is 142 Å². The topological polar surface area (TPSA) is 49.6 Å². The van der Waals surface area contributed by atoms with Crippen LogP contribution in [-0.2, 0) is 6.54 Å². The lowest BCUT2D eigenvalue weighted by Crippen LogP contribution is -2.68. The number of piperidine rings is 1. The molecule has 8 heteroatoms. The molecule has 6 rings (SSSR count). The van der Waals surface area contributed by atoms with Crippen molar-refractivity contribution in [2.45, 2.75) is 25.0 Å². The molecule has 1 aromatic carbocycles. The summed E-state index contributed by atoms with van der Waals surface area (Å²) < 4.78 is 28.9. The van der Waals surface area contributed by atoms with Crippen LogP contribution in [0.4, 0.5) is 14.6 Å².